The smallest absolute Gasteiger partial charge is 0.303 e. The maximum atomic E-state index is 14.8. The molecule has 0 saturated heterocycles. The number of benzene rings is 3. The molecular weight excluding hydrogens is 551 g/mol. The van der Waals surface area contributed by atoms with E-state index in [-0.39, 0.29) is 17.8 Å². The van der Waals surface area contributed by atoms with E-state index in [0.29, 0.717) is 29.6 Å². The predicted molar refractivity (Wildman–Crippen MR) is 165 cm³/mol. The summed E-state index contributed by atoms with van der Waals surface area (Å²) in [7, 11) is 3.65. The zero-order valence-corrected chi connectivity index (χ0v) is 24.9. The summed E-state index contributed by atoms with van der Waals surface area (Å²) < 4.78 is 27.6. The Morgan fingerprint density at radius 2 is 1.69 bits per heavy atom. The maximum Gasteiger partial charge on any atom is 0.303 e. The predicted octanol–water partition coefficient (Wildman–Crippen LogP) is 7.18. The Labute approximate surface area is 248 Å². The fourth-order valence-electron chi connectivity index (χ4n) is 5.19. The number of ether oxygens (including phenoxy) is 2. The highest BCUT2D eigenvalue weighted by Crippen LogP contribution is 2.40. The number of nitrogens with zero attached hydrogens (tertiary/aromatic N) is 2. The summed E-state index contributed by atoms with van der Waals surface area (Å²) in [5.41, 5.74) is 3.64. The van der Waals surface area contributed by atoms with Crippen molar-refractivity contribution in [3.8, 4) is 16.2 Å². The highest BCUT2D eigenvalue weighted by Gasteiger charge is 2.25. The molecule has 0 aliphatic heterocycles. The third-order valence-electron chi connectivity index (χ3n) is 7.19. The van der Waals surface area contributed by atoms with Gasteiger partial charge in [0.05, 0.1) is 24.6 Å². The molecule has 1 unspecified atom stereocenters. The van der Waals surface area contributed by atoms with E-state index < -0.39 is 12.1 Å². The van der Waals surface area contributed by atoms with E-state index in [0.717, 1.165) is 32.1 Å². The molecule has 0 aliphatic rings. The molecule has 0 bridgehead atoms. The maximum absolute atomic E-state index is 14.8. The van der Waals surface area contributed by atoms with Crippen molar-refractivity contribution in [3.63, 3.8) is 0 Å². The topological polar surface area (TPSA) is 60.8 Å². The number of pyridine rings is 1. The number of rotatable bonds is 10. The largest absolute Gasteiger partial charge is 0.497 e. The van der Waals surface area contributed by atoms with Gasteiger partial charge in [-0.3, -0.25) is 14.5 Å². The van der Waals surface area contributed by atoms with Gasteiger partial charge in [-0.2, -0.15) is 0 Å². The lowest BCUT2D eigenvalue weighted by Gasteiger charge is -2.19. The molecule has 0 aliphatic carbocycles. The highest BCUT2D eigenvalue weighted by molar-refractivity contribution is 7.22. The molecule has 0 fully saturated rings. The second kappa shape index (κ2) is 12.7. The van der Waals surface area contributed by atoms with Gasteiger partial charge in [0, 0.05) is 36.7 Å². The number of thiophene rings is 1. The Bertz CT molecular complexity index is 1760. The van der Waals surface area contributed by atoms with E-state index in [1.807, 2.05) is 54.1 Å². The van der Waals surface area contributed by atoms with Crippen molar-refractivity contribution in [2.24, 2.45) is 0 Å². The standard InChI is InChI=1S/C34H33FN2O4S/c1-22(41-23(2)38)28-21-37(19-26-12-8-9-13-30(26)35)34-31(32(28)39)29(20-36(3)18-24-10-6-5-7-11-24)33(42-34)25-14-16-27(40-4)17-15-25/h5-17,21-22H,18-20H2,1-4H3. The Morgan fingerprint density at radius 3 is 2.36 bits per heavy atom. The van der Waals surface area contributed by atoms with E-state index in [9.17, 15) is 14.0 Å². The van der Waals surface area contributed by atoms with Gasteiger partial charge in [0.15, 0.2) is 5.43 Å². The summed E-state index contributed by atoms with van der Waals surface area (Å²) in [6.07, 6.45) is 0.932. The SMILES string of the molecule is COc1ccc(-c2sc3c(c2CN(C)Cc2ccccc2)c(=O)c(C(C)OC(C)=O)cn3Cc2ccccc2F)cc1. The van der Waals surface area contributed by atoms with E-state index >= 15 is 0 Å². The molecule has 5 aromatic rings. The van der Waals surface area contributed by atoms with Gasteiger partial charge < -0.3 is 14.0 Å². The van der Waals surface area contributed by atoms with Crippen LogP contribution in [-0.2, 0) is 29.2 Å². The van der Waals surface area contributed by atoms with Crippen molar-refractivity contribution in [2.75, 3.05) is 14.2 Å². The minimum Gasteiger partial charge on any atom is -0.497 e. The van der Waals surface area contributed by atoms with Crippen LogP contribution in [0.5, 0.6) is 5.75 Å². The summed E-state index contributed by atoms with van der Waals surface area (Å²) in [6, 6.07) is 24.5. The molecule has 0 spiro atoms. The molecule has 8 heteroatoms. The Kier molecular flexibility index (Phi) is 8.85. The summed E-state index contributed by atoms with van der Waals surface area (Å²) in [6.45, 7) is 4.41. The van der Waals surface area contributed by atoms with Crippen molar-refractivity contribution < 1.29 is 18.7 Å². The highest BCUT2D eigenvalue weighted by atomic mass is 32.1. The zero-order valence-electron chi connectivity index (χ0n) is 24.1. The van der Waals surface area contributed by atoms with Crippen LogP contribution >= 0.6 is 11.3 Å². The summed E-state index contributed by atoms with van der Waals surface area (Å²) in [4.78, 5) is 29.9. The van der Waals surface area contributed by atoms with E-state index in [1.54, 1.807) is 38.4 Å². The number of carbonyl (C=O) groups is 1. The van der Waals surface area contributed by atoms with E-state index in [4.69, 9.17) is 9.47 Å². The number of aromatic nitrogens is 1. The lowest BCUT2D eigenvalue weighted by Crippen LogP contribution is -2.22. The number of esters is 1. The first-order valence-electron chi connectivity index (χ1n) is 13.7. The Balaban J connectivity index is 1.73. The first-order chi connectivity index (χ1) is 20.2. The number of halogens is 1. The third-order valence-corrected chi connectivity index (χ3v) is 8.51. The van der Waals surface area contributed by atoms with Gasteiger partial charge in [0.2, 0.25) is 0 Å². The number of hydrogen-bond donors (Lipinski definition) is 0. The van der Waals surface area contributed by atoms with E-state index in [1.165, 1.54) is 24.3 Å². The molecule has 0 radical (unpaired) electrons. The van der Waals surface area contributed by atoms with Crippen molar-refractivity contribution in [3.05, 3.63) is 123 Å². The number of hydrogen-bond acceptors (Lipinski definition) is 6. The van der Waals surface area contributed by atoms with Crippen LogP contribution in [0.25, 0.3) is 20.7 Å². The van der Waals surface area contributed by atoms with Crippen LogP contribution in [0.2, 0.25) is 0 Å². The van der Waals surface area contributed by atoms with Crippen molar-refractivity contribution in [1.82, 2.24) is 9.47 Å². The molecule has 42 heavy (non-hydrogen) atoms. The van der Waals surface area contributed by atoms with Gasteiger partial charge in [-0.05, 0) is 61.0 Å². The summed E-state index contributed by atoms with van der Waals surface area (Å²) in [5, 5.41) is 0.554. The van der Waals surface area contributed by atoms with Gasteiger partial charge in [-0.15, -0.1) is 11.3 Å². The van der Waals surface area contributed by atoms with Crippen LogP contribution < -0.4 is 10.2 Å². The van der Waals surface area contributed by atoms with Gasteiger partial charge in [-0.1, -0.05) is 48.5 Å². The Morgan fingerprint density at radius 1 is 1.00 bits per heavy atom. The lowest BCUT2D eigenvalue weighted by atomic mass is 10.0. The van der Waals surface area contributed by atoms with Crippen LogP contribution in [0.15, 0.2) is 89.9 Å². The second-order valence-electron chi connectivity index (χ2n) is 10.4. The molecule has 3 aromatic carbocycles. The van der Waals surface area contributed by atoms with Gasteiger partial charge in [0.1, 0.15) is 22.5 Å². The zero-order chi connectivity index (χ0) is 29.8. The van der Waals surface area contributed by atoms with Crippen molar-refractivity contribution >= 4 is 27.5 Å². The second-order valence-corrected chi connectivity index (χ2v) is 11.4. The molecule has 0 N–H and O–H groups in total. The first kappa shape index (κ1) is 29.2. The van der Waals surface area contributed by atoms with Crippen LogP contribution in [0, 0.1) is 5.82 Å². The number of carbonyl (C=O) groups excluding carboxylic acids is 1. The molecule has 216 valence electrons. The molecule has 6 nitrogen and oxygen atoms in total. The van der Waals surface area contributed by atoms with Crippen LogP contribution in [-0.4, -0.2) is 29.6 Å². The third kappa shape index (κ3) is 6.30. The lowest BCUT2D eigenvalue weighted by molar-refractivity contribution is -0.145. The fraction of sp³-hybridized carbons (Fsp3) is 0.235. The summed E-state index contributed by atoms with van der Waals surface area (Å²) >= 11 is 1.50. The molecule has 2 aromatic heterocycles. The van der Waals surface area contributed by atoms with Gasteiger partial charge >= 0.3 is 5.97 Å². The number of fused-ring (bicyclic) bond motifs is 1. The van der Waals surface area contributed by atoms with Crippen LogP contribution in [0.1, 0.15) is 42.2 Å². The normalized spacial score (nSPS) is 12.0. The minimum atomic E-state index is -0.773. The quantitative estimate of drug-likeness (QED) is 0.163. The van der Waals surface area contributed by atoms with Gasteiger partial charge in [0.25, 0.3) is 0 Å². The first-order valence-corrected chi connectivity index (χ1v) is 14.5. The average Bonchev–Trinajstić information content (AvgIpc) is 3.35. The molecule has 1 atom stereocenters. The Hall–Kier alpha value is -4.27. The van der Waals surface area contributed by atoms with Crippen molar-refractivity contribution in [1.29, 1.82) is 0 Å². The van der Waals surface area contributed by atoms with Gasteiger partial charge in [-0.25, -0.2) is 4.39 Å². The minimum absolute atomic E-state index is 0.192. The van der Waals surface area contributed by atoms with Crippen LogP contribution in [0.3, 0.4) is 0 Å². The molecule has 0 amide bonds. The summed E-state index contributed by atoms with van der Waals surface area (Å²) in [5.74, 6) is -0.0670. The molecule has 5 rings (SSSR count). The molecule has 2 heterocycles. The average molecular weight is 585 g/mol. The molecular formula is C34H33FN2O4S. The van der Waals surface area contributed by atoms with E-state index in [2.05, 4.69) is 17.0 Å². The monoisotopic (exact) mass is 584 g/mol. The number of methoxy groups -OCH3 is 1. The fourth-order valence-corrected chi connectivity index (χ4v) is 6.48. The van der Waals surface area contributed by atoms with Crippen LogP contribution in [0.4, 0.5) is 4.39 Å². The molecule has 0 saturated carbocycles. The van der Waals surface area contributed by atoms with Crippen molar-refractivity contribution in [2.45, 2.75) is 39.6 Å².